The molecule has 3 heteroatoms. The maximum absolute atomic E-state index is 11.6. The van der Waals surface area contributed by atoms with Crippen molar-refractivity contribution in [3.8, 4) is 0 Å². The molecule has 1 N–H and O–H groups in total. The van der Waals surface area contributed by atoms with Crippen LogP contribution in [-0.2, 0) is 9.53 Å². The van der Waals surface area contributed by atoms with Gasteiger partial charge >= 0.3 is 5.97 Å². The van der Waals surface area contributed by atoms with Gasteiger partial charge in [0.05, 0.1) is 12.5 Å². The minimum atomic E-state index is -0.0816. The third-order valence-corrected chi connectivity index (χ3v) is 4.05. The number of nitrogens with one attached hydrogen (secondary N) is 1. The van der Waals surface area contributed by atoms with Crippen molar-refractivity contribution in [3.63, 3.8) is 0 Å². The van der Waals surface area contributed by atoms with Crippen molar-refractivity contribution in [2.45, 2.75) is 59.4 Å². The molecule has 0 aromatic carbocycles. The highest BCUT2D eigenvalue weighted by molar-refractivity contribution is 5.72. The summed E-state index contributed by atoms with van der Waals surface area (Å²) in [6.45, 7) is 9.62. The van der Waals surface area contributed by atoms with Gasteiger partial charge in [-0.15, -0.1) is 0 Å². The molecule has 106 valence electrons. The summed E-state index contributed by atoms with van der Waals surface area (Å²) >= 11 is 0. The Morgan fingerprint density at radius 2 is 1.94 bits per heavy atom. The van der Waals surface area contributed by atoms with E-state index in [0.29, 0.717) is 12.6 Å². The third kappa shape index (κ3) is 4.60. The Morgan fingerprint density at radius 1 is 1.28 bits per heavy atom. The first-order valence-corrected chi connectivity index (χ1v) is 7.46. The number of hydrogen-bond acceptors (Lipinski definition) is 3. The van der Waals surface area contributed by atoms with Crippen LogP contribution >= 0.6 is 0 Å². The fraction of sp³-hybridized carbons (Fsp3) is 0.933. The van der Waals surface area contributed by atoms with Gasteiger partial charge in [-0.25, -0.2) is 0 Å². The smallest absolute Gasteiger partial charge is 0.309 e. The van der Waals surface area contributed by atoms with E-state index in [9.17, 15) is 4.79 Å². The summed E-state index contributed by atoms with van der Waals surface area (Å²) in [6, 6.07) is 0.579. The second-order valence-electron chi connectivity index (χ2n) is 5.86. The molecule has 0 amide bonds. The Balaban J connectivity index is 2.38. The van der Waals surface area contributed by atoms with Gasteiger partial charge in [0.25, 0.3) is 0 Å². The van der Waals surface area contributed by atoms with Crippen LogP contribution in [0.1, 0.15) is 53.4 Å². The highest BCUT2D eigenvalue weighted by Gasteiger charge is 2.28. The average molecular weight is 255 g/mol. The molecule has 0 aromatic heterocycles. The van der Waals surface area contributed by atoms with Crippen molar-refractivity contribution < 1.29 is 9.53 Å². The van der Waals surface area contributed by atoms with Crippen LogP contribution in [0.25, 0.3) is 0 Å². The number of carbonyl (C=O) groups is 1. The van der Waals surface area contributed by atoms with Gasteiger partial charge in [-0.2, -0.15) is 0 Å². The molecule has 0 radical (unpaired) electrons. The molecule has 1 aliphatic carbocycles. The van der Waals surface area contributed by atoms with Gasteiger partial charge in [-0.3, -0.25) is 4.79 Å². The number of carbonyl (C=O) groups excluding carboxylic acids is 1. The first-order valence-electron chi connectivity index (χ1n) is 7.46. The summed E-state index contributed by atoms with van der Waals surface area (Å²) in [4.78, 5) is 11.6. The molecule has 0 spiro atoms. The zero-order valence-corrected chi connectivity index (χ0v) is 12.4. The number of ether oxygens (including phenoxy) is 1. The first-order chi connectivity index (χ1) is 8.56. The summed E-state index contributed by atoms with van der Waals surface area (Å²) in [5, 5.41) is 3.59. The van der Waals surface area contributed by atoms with E-state index in [1.165, 1.54) is 25.7 Å². The number of rotatable bonds is 6. The van der Waals surface area contributed by atoms with Crippen LogP contribution in [0.4, 0.5) is 0 Å². The van der Waals surface area contributed by atoms with Crippen molar-refractivity contribution in [1.29, 1.82) is 0 Å². The first kappa shape index (κ1) is 15.5. The van der Waals surface area contributed by atoms with Crippen molar-refractivity contribution in [2.75, 3.05) is 13.2 Å². The summed E-state index contributed by atoms with van der Waals surface area (Å²) in [6.07, 6.45) is 5.24. The van der Waals surface area contributed by atoms with Crippen LogP contribution in [0.2, 0.25) is 0 Å². The lowest BCUT2D eigenvalue weighted by molar-refractivity contribution is -0.147. The summed E-state index contributed by atoms with van der Waals surface area (Å²) in [5.41, 5.74) is 0. The summed E-state index contributed by atoms with van der Waals surface area (Å²) in [7, 11) is 0. The van der Waals surface area contributed by atoms with Gasteiger partial charge < -0.3 is 10.1 Å². The molecule has 0 aliphatic heterocycles. The quantitative estimate of drug-likeness (QED) is 0.742. The van der Waals surface area contributed by atoms with Crippen LogP contribution < -0.4 is 5.32 Å². The summed E-state index contributed by atoms with van der Waals surface area (Å²) in [5.74, 6) is 1.36. The molecule has 0 saturated heterocycles. The highest BCUT2D eigenvalue weighted by atomic mass is 16.5. The molecule has 3 nitrogen and oxygen atoms in total. The number of hydrogen-bond donors (Lipinski definition) is 1. The molecule has 0 bridgehead atoms. The van der Waals surface area contributed by atoms with Crippen molar-refractivity contribution in [3.05, 3.63) is 0 Å². The van der Waals surface area contributed by atoms with Crippen molar-refractivity contribution in [1.82, 2.24) is 5.32 Å². The lowest BCUT2D eigenvalue weighted by Crippen LogP contribution is -2.43. The van der Waals surface area contributed by atoms with Crippen LogP contribution in [0.5, 0.6) is 0 Å². The maximum Gasteiger partial charge on any atom is 0.309 e. The molecule has 3 unspecified atom stereocenters. The minimum absolute atomic E-state index is 0.0420. The predicted molar refractivity (Wildman–Crippen MR) is 74.4 cm³/mol. The van der Waals surface area contributed by atoms with Gasteiger partial charge in [0.2, 0.25) is 0 Å². The second-order valence-corrected chi connectivity index (χ2v) is 5.86. The van der Waals surface area contributed by atoms with Crippen molar-refractivity contribution >= 4 is 5.97 Å². The molecular formula is C15H29NO2. The monoisotopic (exact) mass is 255 g/mol. The Labute approximate surface area is 112 Å². The fourth-order valence-corrected chi connectivity index (χ4v) is 2.91. The average Bonchev–Trinajstić information content (AvgIpc) is 2.36. The predicted octanol–water partition coefficient (Wildman–Crippen LogP) is 2.99. The lowest BCUT2D eigenvalue weighted by atomic mass is 9.78. The Kier molecular flexibility index (Phi) is 6.69. The standard InChI is InChI=1S/C15H29NO2/c1-5-18-15(17)12(4)10-16-14-9-7-6-8-13(14)11(2)3/h11-14,16H,5-10H2,1-4H3. The molecular weight excluding hydrogens is 226 g/mol. The van der Waals surface area contributed by atoms with E-state index in [2.05, 4.69) is 19.2 Å². The normalized spacial score (nSPS) is 26.1. The molecule has 1 saturated carbocycles. The topological polar surface area (TPSA) is 38.3 Å². The van der Waals surface area contributed by atoms with Crippen LogP contribution in [0.3, 0.4) is 0 Å². The van der Waals surface area contributed by atoms with E-state index >= 15 is 0 Å². The van der Waals surface area contributed by atoms with Crippen LogP contribution in [0.15, 0.2) is 0 Å². The minimum Gasteiger partial charge on any atom is -0.466 e. The van der Waals surface area contributed by atoms with Crippen LogP contribution in [-0.4, -0.2) is 25.2 Å². The summed E-state index contributed by atoms with van der Waals surface area (Å²) < 4.78 is 5.04. The van der Waals surface area contributed by atoms with Gasteiger partial charge in [-0.05, 0) is 31.6 Å². The Bertz CT molecular complexity index is 253. The van der Waals surface area contributed by atoms with E-state index < -0.39 is 0 Å². The molecule has 1 fully saturated rings. The van der Waals surface area contributed by atoms with E-state index in [0.717, 1.165) is 18.4 Å². The van der Waals surface area contributed by atoms with Gasteiger partial charge in [-0.1, -0.05) is 33.6 Å². The van der Waals surface area contributed by atoms with Crippen molar-refractivity contribution in [2.24, 2.45) is 17.8 Å². The van der Waals surface area contributed by atoms with Gasteiger partial charge in [0, 0.05) is 12.6 Å². The Morgan fingerprint density at radius 3 is 2.56 bits per heavy atom. The van der Waals surface area contributed by atoms with Gasteiger partial charge in [0.1, 0.15) is 0 Å². The molecule has 0 aromatic rings. The zero-order chi connectivity index (χ0) is 13.5. The van der Waals surface area contributed by atoms with E-state index in [1.54, 1.807) is 0 Å². The second kappa shape index (κ2) is 7.78. The van der Waals surface area contributed by atoms with E-state index in [1.807, 2.05) is 13.8 Å². The molecule has 1 rings (SSSR count). The number of esters is 1. The third-order valence-electron chi connectivity index (χ3n) is 4.05. The highest BCUT2D eigenvalue weighted by Crippen LogP contribution is 2.30. The largest absolute Gasteiger partial charge is 0.466 e. The molecule has 18 heavy (non-hydrogen) atoms. The molecule has 0 heterocycles. The lowest BCUT2D eigenvalue weighted by Gasteiger charge is -2.35. The fourth-order valence-electron chi connectivity index (χ4n) is 2.91. The molecule has 3 atom stereocenters. The Hall–Kier alpha value is -0.570. The SMILES string of the molecule is CCOC(=O)C(C)CNC1CCCCC1C(C)C. The zero-order valence-electron chi connectivity index (χ0n) is 12.4. The van der Waals surface area contributed by atoms with Gasteiger partial charge in [0.15, 0.2) is 0 Å². The van der Waals surface area contributed by atoms with Crippen LogP contribution in [0, 0.1) is 17.8 Å². The maximum atomic E-state index is 11.6. The molecule has 1 aliphatic rings. The van der Waals surface area contributed by atoms with E-state index in [-0.39, 0.29) is 11.9 Å². The van der Waals surface area contributed by atoms with E-state index in [4.69, 9.17) is 4.74 Å².